The molecule has 0 N–H and O–H groups in total. The van der Waals surface area contributed by atoms with Crippen molar-refractivity contribution in [1.29, 1.82) is 0 Å². The summed E-state index contributed by atoms with van der Waals surface area (Å²) >= 11 is 0. The van der Waals surface area contributed by atoms with Gasteiger partial charge in [-0.2, -0.15) is 0 Å². The van der Waals surface area contributed by atoms with Gasteiger partial charge >= 0.3 is 0 Å². The molecule has 2 heteroatoms. The van der Waals surface area contributed by atoms with E-state index in [9.17, 15) is 4.79 Å². The maximum absolute atomic E-state index is 10.7. The van der Waals surface area contributed by atoms with E-state index in [0.29, 0.717) is 13.0 Å². The van der Waals surface area contributed by atoms with Crippen LogP contribution < -0.4 is 0 Å². The summed E-state index contributed by atoms with van der Waals surface area (Å²) in [5.74, 6) is 0.218. The van der Waals surface area contributed by atoms with E-state index in [2.05, 4.69) is 6.58 Å². The molecule has 9 heavy (non-hydrogen) atoms. The van der Waals surface area contributed by atoms with E-state index in [0.717, 1.165) is 0 Å². The Kier molecular flexibility index (Phi) is 3.97. The molecule has 0 heterocycles. The Hall–Kier alpha value is -0.630. The van der Waals surface area contributed by atoms with Crippen LogP contribution in [0.2, 0.25) is 0 Å². The van der Waals surface area contributed by atoms with Gasteiger partial charge in [0.25, 0.3) is 0 Å². The second-order valence-corrected chi connectivity index (χ2v) is 2.27. The van der Waals surface area contributed by atoms with Crippen LogP contribution in [0.1, 0.15) is 6.42 Å². The van der Waals surface area contributed by atoms with E-state index in [1.54, 1.807) is 6.08 Å². The number of allylic oxidation sites excluding steroid dienone is 1. The van der Waals surface area contributed by atoms with Gasteiger partial charge in [0.05, 0.1) is 6.54 Å². The van der Waals surface area contributed by atoms with Gasteiger partial charge in [0.1, 0.15) is 0 Å². The highest BCUT2D eigenvalue weighted by molar-refractivity contribution is 5.81. The fourth-order valence-electron chi connectivity index (χ4n) is 0.578. The van der Waals surface area contributed by atoms with Gasteiger partial charge in [-0.05, 0) is 14.1 Å². The summed E-state index contributed by atoms with van der Waals surface area (Å²) in [6, 6.07) is 0. The maximum Gasteiger partial charge on any atom is 0.150 e. The van der Waals surface area contributed by atoms with Crippen LogP contribution in [-0.4, -0.2) is 31.3 Å². The Morgan fingerprint density at radius 1 is 1.67 bits per heavy atom. The molecule has 0 aromatic heterocycles. The lowest BCUT2D eigenvalue weighted by molar-refractivity contribution is -0.118. The Morgan fingerprint density at radius 2 is 2.22 bits per heavy atom. The Balaban J connectivity index is 3.38. The van der Waals surface area contributed by atoms with Gasteiger partial charge in [0.15, 0.2) is 5.78 Å². The zero-order valence-electron chi connectivity index (χ0n) is 6.05. The van der Waals surface area contributed by atoms with Gasteiger partial charge in [-0.1, -0.05) is 6.08 Å². The van der Waals surface area contributed by atoms with E-state index in [4.69, 9.17) is 0 Å². The zero-order chi connectivity index (χ0) is 7.28. The number of rotatable bonds is 4. The number of likely N-dealkylation sites (N-methyl/N-ethyl adjacent to an activating group) is 1. The van der Waals surface area contributed by atoms with Gasteiger partial charge in [-0.3, -0.25) is 4.79 Å². The second-order valence-electron chi connectivity index (χ2n) is 2.27. The minimum atomic E-state index is 0.218. The SMILES string of the molecule is C=CCC(=O)CN(C)C. The van der Waals surface area contributed by atoms with Crippen LogP contribution in [0.15, 0.2) is 12.7 Å². The Labute approximate surface area is 56.2 Å². The minimum absolute atomic E-state index is 0.218. The number of Topliss-reactive ketones (excluding diaryl/α,β-unsaturated/α-hetero) is 1. The van der Waals surface area contributed by atoms with Crippen molar-refractivity contribution in [2.24, 2.45) is 0 Å². The first kappa shape index (κ1) is 8.37. The minimum Gasteiger partial charge on any atom is -0.302 e. The first-order valence-electron chi connectivity index (χ1n) is 2.94. The maximum atomic E-state index is 10.7. The molecule has 0 amide bonds. The summed E-state index contributed by atoms with van der Waals surface area (Å²) in [4.78, 5) is 12.6. The van der Waals surface area contributed by atoms with E-state index in [1.165, 1.54) is 0 Å². The highest BCUT2D eigenvalue weighted by Crippen LogP contribution is 1.84. The van der Waals surface area contributed by atoms with Gasteiger partial charge in [-0.25, -0.2) is 0 Å². The van der Waals surface area contributed by atoms with Gasteiger partial charge in [0, 0.05) is 6.42 Å². The molecular formula is C7H13NO. The average molecular weight is 127 g/mol. The molecule has 0 spiro atoms. The van der Waals surface area contributed by atoms with Crippen molar-refractivity contribution in [1.82, 2.24) is 4.90 Å². The molecule has 0 radical (unpaired) electrons. The van der Waals surface area contributed by atoms with Crippen molar-refractivity contribution < 1.29 is 4.79 Å². The van der Waals surface area contributed by atoms with Crippen molar-refractivity contribution in [3.8, 4) is 0 Å². The summed E-state index contributed by atoms with van der Waals surface area (Å²) in [5, 5.41) is 0. The Morgan fingerprint density at radius 3 is 2.56 bits per heavy atom. The lowest BCUT2D eigenvalue weighted by Crippen LogP contribution is -2.20. The lowest BCUT2D eigenvalue weighted by atomic mass is 10.3. The van der Waals surface area contributed by atoms with Crippen LogP contribution in [0.3, 0.4) is 0 Å². The van der Waals surface area contributed by atoms with E-state index < -0.39 is 0 Å². The highest BCUT2D eigenvalue weighted by Gasteiger charge is 1.98. The molecule has 0 unspecified atom stereocenters. The van der Waals surface area contributed by atoms with Crippen LogP contribution >= 0.6 is 0 Å². The largest absolute Gasteiger partial charge is 0.302 e. The number of carbonyl (C=O) groups is 1. The van der Waals surface area contributed by atoms with Gasteiger partial charge in [-0.15, -0.1) is 6.58 Å². The predicted molar refractivity (Wildman–Crippen MR) is 38.4 cm³/mol. The van der Waals surface area contributed by atoms with Crippen molar-refractivity contribution in [3.63, 3.8) is 0 Å². The quantitative estimate of drug-likeness (QED) is 0.518. The van der Waals surface area contributed by atoms with Crippen molar-refractivity contribution in [2.75, 3.05) is 20.6 Å². The predicted octanol–water partition coefficient (Wildman–Crippen LogP) is 0.693. The van der Waals surface area contributed by atoms with E-state index in [-0.39, 0.29) is 5.78 Å². The summed E-state index contributed by atoms with van der Waals surface area (Å²) in [5.41, 5.74) is 0. The highest BCUT2D eigenvalue weighted by atomic mass is 16.1. The number of nitrogens with zero attached hydrogens (tertiary/aromatic N) is 1. The fourth-order valence-corrected chi connectivity index (χ4v) is 0.578. The first-order valence-corrected chi connectivity index (χ1v) is 2.94. The smallest absolute Gasteiger partial charge is 0.150 e. The molecule has 0 aliphatic heterocycles. The molecule has 0 saturated heterocycles. The average Bonchev–Trinajstić information content (AvgIpc) is 1.63. The normalized spacial score (nSPS) is 9.67. The lowest BCUT2D eigenvalue weighted by Gasteiger charge is -2.05. The van der Waals surface area contributed by atoms with E-state index in [1.807, 2.05) is 19.0 Å². The molecular weight excluding hydrogens is 114 g/mol. The van der Waals surface area contributed by atoms with Gasteiger partial charge < -0.3 is 4.90 Å². The summed E-state index contributed by atoms with van der Waals surface area (Å²) in [6.07, 6.45) is 2.12. The molecule has 0 aromatic rings. The van der Waals surface area contributed by atoms with Gasteiger partial charge in [0.2, 0.25) is 0 Å². The summed E-state index contributed by atoms with van der Waals surface area (Å²) in [7, 11) is 3.75. The Bertz CT molecular complexity index is 107. The number of hydrogen-bond acceptors (Lipinski definition) is 2. The van der Waals surface area contributed by atoms with Crippen LogP contribution in [0.5, 0.6) is 0 Å². The van der Waals surface area contributed by atoms with Crippen LogP contribution in [-0.2, 0) is 4.79 Å². The number of ketones is 1. The second kappa shape index (κ2) is 4.27. The zero-order valence-corrected chi connectivity index (χ0v) is 6.05. The molecule has 2 nitrogen and oxygen atoms in total. The monoisotopic (exact) mass is 127 g/mol. The molecule has 0 aromatic carbocycles. The number of carbonyl (C=O) groups excluding carboxylic acids is 1. The molecule has 0 rings (SSSR count). The fraction of sp³-hybridized carbons (Fsp3) is 0.571. The molecule has 0 aliphatic rings. The third-order valence-corrected chi connectivity index (χ3v) is 0.865. The van der Waals surface area contributed by atoms with Crippen LogP contribution in [0.4, 0.5) is 0 Å². The molecule has 0 saturated carbocycles. The third kappa shape index (κ3) is 5.24. The van der Waals surface area contributed by atoms with Crippen molar-refractivity contribution >= 4 is 5.78 Å². The van der Waals surface area contributed by atoms with Crippen molar-refractivity contribution in [3.05, 3.63) is 12.7 Å². The van der Waals surface area contributed by atoms with Crippen LogP contribution in [0.25, 0.3) is 0 Å². The molecule has 0 bridgehead atoms. The topological polar surface area (TPSA) is 20.3 Å². The molecule has 0 aliphatic carbocycles. The van der Waals surface area contributed by atoms with Crippen molar-refractivity contribution in [2.45, 2.75) is 6.42 Å². The number of hydrogen-bond donors (Lipinski definition) is 0. The molecule has 0 atom stereocenters. The molecule has 0 fully saturated rings. The third-order valence-electron chi connectivity index (χ3n) is 0.865. The summed E-state index contributed by atoms with van der Waals surface area (Å²) in [6.45, 7) is 3.99. The van der Waals surface area contributed by atoms with E-state index >= 15 is 0 Å². The standard InChI is InChI=1S/C7H13NO/c1-4-5-7(9)6-8(2)3/h4H,1,5-6H2,2-3H3. The first-order chi connectivity index (χ1) is 4.16. The van der Waals surface area contributed by atoms with Crippen LogP contribution in [0, 0.1) is 0 Å². The summed E-state index contributed by atoms with van der Waals surface area (Å²) < 4.78 is 0. The molecule has 52 valence electrons.